The van der Waals surface area contributed by atoms with Gasteiger partial charge < -0.3 is 42.6 Å². The number of ether oxygens (including phenoxy) is 9. The maximum atomic E-state index is 11.5. The molecule has 0 aromatic heterocycles. The molecule has 0 aromatic carbocycles. The molecule has 34 heavy (non-hydrogen) atoms. The molecule has 0 aliphatic carbocycles. The Labute approximate surface area is 203 Å². The standard InChI is InChI=1S/C23H44O11/c1-21(24)33-20-19-32-18-17-31-16-15-30-14-13-29-12-11-28-10-9-27-8-7-26-6-5-22(25)34-23(2,3)4/h5-20H2,1-4H3. The lowest BCUT2D eigenvalue weighted by atomic mass is 10.2. The minimum Gasteiger partial charge on any atom is -0.463 e. The first kappa shape index (κ1) is 32.7. The van der Waals surface area contributed by atoms with Crippen LogP contribution >= 0.6 is 0 Å². The van der Waals surface area contributed by atoms with Gasteiger partial charge in [0.2, 0.25) is 0 Å². The van der Waals surface area contributed by atoms with Crippen LogP contribution in [0.4, 0.5) is 0 Å². The molecule has 0 saturated carbocycles. The van der Waals surface area contributed by atoms with Crippen LogP contribution in [0.5, 0.6) is 0 Å². The van der Waals surface area contributed by atoms with E-state index < -0.39 is 5.60 Å². The summed E-state index contributed by atoms with van der Waals surface area (Å²) < 4.78 is 47.4. The molecule has 202 valence electrons. The molecule has 0 fully saturated rings. The fourth-order valence-electron chi connectivity index (χ4n) is 2.21. The van der Waals surface area contributed by atoms with E-state index in [1.807, 2.05) is 20.8 Å². The van der Waals surface area contributed by atoms with Crippen LogP contribution in [-0.2, 0) is 52.2 Å². The number of carbonyl (C=O) groups excluding carboxylic acids is 2. The van der Waals surface area contributed by atoms with Crippen molar-refractivity contribution in [3.05, 3.63) is 0 Å². The molecule has 0 unspecified atom stereocenters. The SMILES string of the molecule is CC(=O)OCCOCCOCCOCCOCCOCCOCCOCCC(=O)OC(C)(C)C. The van der Waals surface area contributed by atoms with Crippen molar-refractivity contribution in [2.45, 2.75) is 39.7 Å². The molecule has 0 aliphatic heterocycles. The predicted octanol–water partition coefficient (Wildman–Crippen LogP) is 1.40. The average Bonchev–Trinajstić information content (AvgIpc) is 2.75. The maximum Gasteiger partial charge on any atom is 0.308 e. The fourth-order valence-corrected chi connectivity index (χ4v) is 2.21. The second kappa shape index (κ2) is 23.4. The van der Waals surface area contributed by atoms with Crippen molar-refractivity contribution in [3.63, 3.8) is 0 Å². The van der Waals surface area contributed by atoms with Gasteiger partial charge in [0.1, 0.15) is 12.2 Å². The Morgan fingerprint density at radius 2 is 0.794 bits per heavy atom. The molecule has 0 aliphatic rings. The van der Waals surface area contributed by atoms with Gasteiger partial charge in [-0.05, 0) is 20.8 Å². The highest BCUT2D eigenvalue weighted by molar-refractivity contribution is 5.69. The third-order valence-electron chi connectivity index (χ3n) is 3.64. The van der Waals surface area contributed by atoms with Gasteiger partial charge >= 0.3 is 11.9 Å². The van der Waals surface area contributed by atoms with Crippen LogP contribution in [0.15, 0.2) is 0 Å². The van der Waals surface area contributed by atoms with Crippen LogP contribution in [0.3, 0.4) is 0 Å². The van der Waals surface area contributed by atoms with Crippen LogP contribution in [0.25, 0.3) is 0 Å². The third-order valence-corrected chi connectivity index (χ3v) is 3.64. The van der Waals surface area contributed by atoms with E-state index in [0.29, 0.717) is 92.5 Å². The molecule has 11 heteroatoms. The lowest BCUT2D eigenvalue weighted by Gasteiger charge is -2.19. The van der Waals surface area contributed by atoms with E-state index in [2.05, 4.69) is 0 Å². The van der Waals surface area contributed by atoms with Gasteiger partial charge in [-0.3, -0.25) is 9.59 Å². The Morgan fingerprint density at radius 3 is 1.09 bits per heavy atom. The maximum absolute atomic E-state index is 11.5. The van der Waals surface area contributed by atoms with Crippen molar-refractivity contribution in [2.24, 2.45) is 0 Å². The summed E-state index contributed by atoms with van der Waals surface area (Å²) >= 11 is 0. The zero-order valence-corrected chi connectivity index (χ0v) is 21.3. The Kier molecular flexibility index (Phi) is 22.5. The van der Waals surface area contributed by atoms with E-state index in [0.717, 1.165) is 0 Å². The molecule has 0 heterocycles. The molecule has 0 spiro atoms. The third kappa shape index (κ3) is 28.7. The van der Waals surface area contributed by atoms with Gasteiger partial charge in [-0.2, -0.15) is 0 Å². The molecule has 0 bridgehead atoms. The predicted molar refractivity (Wildman–Crippen MR) is 123 cm³/mol. The summed E-state index contributed by atoms with van der Waals surface area (Å²) in [5.74, 6) is -0.580. The van der Waals surface area contributed by atoms with Gasteiger partial charge in [0.15, 0.2) is 0 Å². The van der Waals surface area contributed by atoms with Gasteiger partial charge in [0.05, 0.1) is 98.9 Å². The van der Waals surface area contributed by atoms with Gasteiger partial charge in [-0.15, -0.1) is 0 Å². The largest absolute Gasteiger partial charge is 0.463 e. The zero-order chi connectivity index (χ0) is 25.3. The number of esters is 2. The fraction of sp³-hybridized carbons (Fsp3) is 0.913. The Balaban J connectivity index is 3.11. The van der Waals surface area contributed by atoms with E-state index in [9.17, 15) is 9.59 Å². The van der Waals surface area contributed by atoms with E-state index in [-0.39, 0.29) is 25.0 Å². The van der Waals surface area contributed by atoms with Crippen molar-refractivity contribution < 1.29 is 52.2 Å². The van der Waals surface area contributed by atoms with E-state index in [1.165, 1.54) is 6.92 Å². The molecule has 0 aromatic rings. The number of hydrogen-bond donors (Lipinski definition) is 0. The van der Waals surface area contributed by atoms with Crippen LogP contribution in [0.2, 0.25) is 0 Å². The Hall–Kier alpha value is -1.34. The van der Waals surface area contributed by atoms with Gasteiger partial charge in [-0.25, -0.2) is 0 Å². The first-order valence-corrected chi connectivity index (χ1v) is 11.7. The number of hydrogen-bond acceptors (Lipinski definition) is 11. The molecule has 0 amide bonds. The Morgan fingerprint density at radius 1 is 0.500 bits per heavy atom. The minimum atomic E-state index is -0.471. The summed E-state index contributed by atoms with van der Waals surface area (Å²) in [6, 6.07) is 0. The molecule has 0 N–H and O–H groups in total. The molecule has 0 radical (unpaired) electrons. The molecule has 0 atom stereocenters. The highest BCUT2D eigenvalue weighted by Crippen LogP contribution is 2.07. The summed E-state index contributed by atoms with van der Waals surface area (Å²) in [7, 11) is 0. The van der Waals surface area contributed by atoms with Crippen molar-refractivity contribution in [2.75, 3.05) is 99.1 Å². The quantitative estimate of drug-likeness (QED) is 0.143. The molecular formula is C23H44O11. The van der Waals surface area contributed by atoms with Crippen molar-refractivity contribution >= 4 is 11.9 Å². The summed E-state index contributed by atoms with van der Waals surface area (Å²) in [5, 5.41) is 0. The summed E-state index contributed by atoms with van der Waals surface area (Å²) in [5.41, 5.74) is -0.471. The smallest absolute Gasteiger partial charge is 0.308 e. The molecule has 0 saturated heterocycles. The topological polar surface area (TPSA) is 117 Å². The summed E-state index contributed by atoms with van der Waals surface area (Å²) in [4.78, 5) is 22.1. The van der Waals surface area contributed by atoms with Crippen LogP contribution in [0, 0.1) is 0 Å². The lowest BCUT2D eigenvalue weighted by Crippen LogP contribution is -2.24. The van der Waals surface area contributed by atoms with E-state index in [1.54, 1.807) is 0 Å². The minimum absolute atomic E-state index is 0.232. The van der Waals surface area contributed by atoms with Gasteiger partial charge in [-0.1, -0.05) is 0 Å². The first-order valence-electron chi connectivity index (χ1n) is 11.7. The second-order valence-corrected chi connectivity index (χ2v) is 7.96. The highest BCUT2D eigenvalue weighted by atomic mass is 16.6. The lowest BCUT2D eigenvalue weighted by molar-refractivity contribution is -0.156. The average molecular weight is 497 g/mol. The molecule has 11 nitrogen and oxygen atoms in total. The van der Waals surface area contributed by atoms with E-state index in [4.69, 9.17) is 42.6 Å². The second-order valence-electron chi connectivity index (χ2n) is 7.96. The van der Waals surface area contributed by atoms with Crippen LogP contribution in [-0.4, -0.2) is 117 Å². The Bertz CT molecular complexity index is 480. The summed E-state index contributed by atoms with van der Waals surface area (Å²) in [6.45, 7) is 13.4. The number of carbonyl (C=O) groups is 2. The highest BCUT2D eigenvalue weighted by Gasteiger charge is 2.15. The van der Waals surface area contributed by atoms with Crippen LogP contribution in [0.1, 0.15) is 34.1 Å². The normalized spacial score (nSPS) is 11.5. The summed E-state index contributed by atoms with van der Waals surface area (Å²) in [6.07, 6.45) is 0.232. The monoisotopic (exact) mass is 496 g/mol. The van der Waals surface area contributed by atoms with Gasteiger partial charge in [0.25, 0.3) is 0 Å². The van der Waals surface area contributed by atoms with Gasteiger partial charge in [0, 0.05) is 6.92 Å². The molecular weight excluding hydrogens is 452 g/mol. The van der Waals surface area contributed by atoms with Crippen molar-refractivity contribution in [1.82, 2.24) is 0 Å². The van der Waals surface area contributed by atoms with Crippen LogP contribution < -0.4 is 0 Å². The molecule has 0 rings (SSSR count). The number of rotatable bonds is 24. The van der Waals surface area contributed by atoms with E-state index >= 15 is 0 Å². The van der Waals surface area contributed by atoms with Crippen molar-refractivity contribution in [1.29, 1.82) is 0 Å². The first-order chi connectivity index (χ1) is 16.3. The zero-order valence-electron chi connectivity index (χ0n) is 21.3. The van der Waals surface area contributed by atoms with Crippen molar-refractivity contribution in [3.8, 4) is 0 Å².